The molecule has 3 nitrogen and oxygen atoms in total. The van der Waals surface area contributed by atoms with E-state index in [1.165, 1.54) is 0 Å². The molecule has 1 N–H and O–H groups in total. The minimum atomic E-state index is 0.174. The number of nitrogens with one attached hydrogen (secondary N) is 1. The number of nitrogens with zero attached hydrogens (tertiary/aromatic N) is 1. The average Bonchev–Trinajstić information content (AvgIpc) is 2.38. The van der Waals surface area contributed by atoms with E-state index in [0.29, 0.717) is 12.6 Å². The van der Waals surface area contributed by atoms with Crippen LogP contribution in [0.4, 0.5) is 0 Å². The Labute approximate surface area is 123 Å². The molecule has 2 unspecified atom stereocenters. The predicted octanol–water partition coefficient (Wildman–Crippen LogP) is 2.80. The van der Waals surface area contributed by atoms with Gasteiger partial charge < -0.3 is 10.2 Å². The van der Waals surface area contributed by atoms with Crippen molar-refractivity contribution >= 4 is 21.8 Å². The fourth-order valence-corrected chi connectivity index (χ4v) is 3.10. The highest BCUT2D eigenvalue weighted by Gasteiger charge is 2.26. The third-order valence-corrected chi connectivity index (χ3v) is 4.15. The zero-order valence-electron chi connectivity index (χ0n) is 11.5. The summed E-state index contributed by atoms with van der Waals surface area (Å²) in [5.74, 6) is 0.446. The Hall–Kier alpha value is -0.870. The zero-order valence-corrected chi connectivity index (χ0v) is 13.1. The maximum Gasteiger partial charge on any atom is 0.225 e. The van der Waals surface area contributed by atoms with Crippen LogP contribution in [0.5, 0.6) is 0 Å². The summed E-state index contributed by atoms with van der Waals surface area (Å²) >= 11 is 3.46. The number of rotatable bonds is 3. The second kappa shape index (κ2) is 6.53. The van der Waals surface area contributed by atoms with Gasteiger partial charge in [0, 0.05) is 30.0 Å². The van der Waals surface area contributed by atoms with Crippen LogP contribution < -0.4 is 5.32 Å². The maximum absolute atomic E-state index is 12.4. The van der Waals surface area contributed by atoms with Gasteiger partial charge in [0.15, 0.2) is 0 Å². The predicted molar refractivity (Wildman–Crippen MR) is 80.8 cm³/mol. The molecule has 0 spiro atoms. The van der Waals surface area contributed by atoms with Crippen LogP contribution in [-0.2, 0) is 11.3 Å². The number of hydrogen-bond donors (Lipinski definition) is 1. The third-order valence-electron chi connectivity index (χ3n) is 3.66. The highest BCUT2D eigenvalue weighted by Crippen LogP contribution is 2.20. The second-order valence-corrected chi connectivity index (χ2v) is 6.32. The van der Waals surface area contributed by atoms with E-state index in [1.807, 2.05) is 24.1 Å². The number of halogens is 1. The number of carbonyl (C=O) groups is 1. The lowest BCUT2D eigenvalue weighted by Crippen LogP contribution is -2.42. The van der Waals surface area contributed by atoms with Crippen molar-refractivity contribution in [3.05, 3.63) is 34.3 Å². The standard InChI is InChI=1S/C15H21BrN2O/c1-11-8-13(6-7-17-11)15(19)18(2)10-12-4-3-5-14(16)9-12/h3-5,9,11,13,17H,6-8,10H2,1-2H3. The van der Waals surface area contributed by atoms with Gasteiger partial charge in [-0.1, -0.05) is 28.1 Å². The van der Waals surface area contributed by atoms with Gasteiger partial charge in [-0.25, -0.2) is 0 Å². The van der Waals surface area contributed by atoms with Crippen molar-refractivity contribution in [1.82, 2.24) is 10.2 Å². The molecule has 0 saturated carbocycles. The third kappa shape index (κ3) is 4.05. The van der Waals surface area contributed by atoms with Gasteiger partial charge in [-0.3, -0.25) is 4.79 Å². The molecule has 1 heterocycles. The molecule has 2 rings (SSSR count). The number of piperidine rings is 1. The van der Waals surface area contributed by atoms with Gasteiger partial charge in [0.25, 0.3) is 0 Å². The molecule has 1 fully saturated rings. The van der Waals surface area contributed by atoms with Crippen molar-refractivity contribution in [3.63, 3.8) is 0 Å². The summed E-state index contributed by atoms with van der Waals surface area (Å²) in [5.41, 5.74) is 1.16. The minimum Gasteiger partial charge on any atom is -0.341 e. The normalized spacial score (nSPS) is 23.1. The van der Waals surface area contributed by atoms with Crippen LogP contribution in [0, 0.1) is 5.92 Å². The highest BCUT2D eigenvalue weighted by molar-refractivity contribution is 9.10. The zero-order chi connectivity index (χ0) is 13.8. The monoisotopic (exact) mass is 324 g/mol. The maximum atomic E-state index is 12.4. The van der Waals surface area contributed by atoms with E-state index in [2.05, 4.69) is 40.3 Å². The first-order chi connectivity index (χ1) is 9.06. The summed E-state index contributed by atoms with van der Waals surface area (Å²) in [6.07, 6.45) is 1.90. The number of amides is 1. The summed E-state index contributed by atoms with van der Waals surface area (Å²) in [7, 11) is 1.90. The van der Waals surface area contributed by atoms with Crippen LogP contribution >= 0.6 is 15.9 Å². The smallest absolute Gasteiger partial charge is 0.225 e. The Balaban J connectivity index is 1.95. The molecule has 1 saturated heterocycles. The molecule has 1 aromatic carbocycles. The molecule has 4 heteroatoms. The van der Waals surface area contributed by atoms with Crippen LogP contribution in [0.2, 0.25) is 0 Å². The van der Waals surface area contributed by atoms with Crippen LogP contribution in [0.25, 0.3) is 0 Å². The van der Waals surface area contributed by atoms with Crippen molar-refractivity contribution in [2.45, 2.75) is 32.4 Å². The Bertz CT molecular complexity index is 450. The summed E-state index contributed by atoms with van der Waals surface area (Å²) < 4.78 is 1.06. The lowest BCUT2D eigenvalue weighted by molar-refractivity contribution is -0.135. The SMILES string of the molecule is CC1CC(C(=O)N(C)Cc2cccc(Br)c2)CCN1. The number of hydrogen-bond acceptors (Lipinski definition) is 2. The quantitative estimate of drug-likeness (QED) is 0.927. The molecule has 2 atom stereocenters. The Morgan fingerprint density at radius 3 is 3.00 bits per heavy atom. The van der Waals surface area contributed by atoms with E-state index >= 15 is 0 Å². The molecule has 104 valence electrons. The van der Waals surface area contributed by atoms with Crippen molar-refractivity contribution < 1.29 is 4.79 Å². The van der Waals surface area contributed by atoms with Crippen LogP contribution in [-0.4, -0.2) is 30.4 Å². The van der Waals surface area contributed by atoms with E-state index in [9.17, 15) is 4.79 Å². The number of carbonyl (C=O) groups excluding carboxylic acids is 1. The average molecular weight is 325 g/mol. The summed E-state index contributed by atoms with van der Waals surface area (Å²) in [4.78, 5) is 14.3. The molecule has 1 aliphatic rings. The van der Waals surface area contributed by atoms with E-state index in [0.717, 1.165) is 29.4 Å². The lowest BCUT2D eigenvalue weighted by Gasteiger charge is -2.30. The largest absolute Gasteiger partial charge is 0.341 e. The number of benzene rings is 1. The fraction of sp³-hybridized carbons (Fsp3) is 0.533. The summed E-state index contributed by atoms with van der Waals surface area (Å²) in [6.45, 7) is 3.77. The first-order valence-corrected chi connectivity index (χ1v) is 7.58. The van der Waals surface area contributed by atoms with Crippen molar-refractivity contribution in [2.75, 3.05) is 13.6 Å². The fourth-order valence-electron chi connectivity index (χ4n) is 2.65. The molecule has 1 amide bonds. The molecule has 0 aliphatic carbocycles. The van der Waals surface area contributed by atoms with Crippen LogP contribution in [0.3, 0.4) is 0 Å². The molecule has 0 radical (unpaired) electrons. The molecule has 19 heavy (non-hydrogen) atoms. The molecular weight excluding hydrogens is 304 g/mol. The second-order valence-electron chi connectivity index (χ2n) is 5.40. The van der Waals surface area contributed by atoms with E-state index in [-0.39, 0.29) is 11.8 Å². The van der Waals surface area contributed by atoms with Crippen LogP contribution in [0.1, 0.15) is 25.3 Å². The lowest BCUT2D eigenvalue weighted by atomic mass is 9.92. The van der Waals surface area contributed by atoms with Crippen molar-refractivity contribution in [3.8, 4) is 0 Å². The first kappa shape index (κ1) is 14.5. The summed E-state index contributed by atoms with van der Waals surface area (Å²) in [5, 5.41) is 3.39. The van der Waals surface area contributed by atoms with Gasteiger partial charge in [-0.15, -0.1) is 0 Å². The van der Waals surface area contributed by atoms with E-state index in [4.69, 9.17) is 0 Å². The van der Waals surface area contributed by atoms with E-state index < -0.39 is 0 Å². The van der Waals surface area contributed by atoms with Crippen molar-refractivity contribution in [2.24, 2.45) is 5.92 Å². The molecule has 1 aromatic rings. The van der Waals surface area contributed by atoms with Gasteiger partial charge in [0.05, 0.1) is 0 Å². The molecular formula is C15H21BrN2O. The Morgan fingerprint density at radius 2 is 2.32 bits per heavy atom. The van der Waals surface area contributed by atoms with Gasteiger partial charge in [-0.2, -0.15) is 0 Å². The van der Waals surface area contributed by atoms with Crippen molar-refractivity contribution in [1.29, 1.82) is 0 Å². The highest BCUT2D eigenvalue weighted by atomic mass is 79.9. The van der Waals surface area contributed by atoms with Gasteiger partial charge in [0.2, 0.25) is 5.91 Å². The molecule has 0 bridgehead atoms. The van der Waals surface area contributed by atoms with E-state index in [1.54, 1.807) is 0 Å². The van der Waals surface area contributed by atoms with Gasteiger partial charge in [-0.05, 0) is 44.0 Å². The van der Waals surface area contributed by atoms with Gasteiger partial charge >= 0.3 is 0 Å². The molecule has 0 aromatic heterocycles. The Kier molecular flexibility index (Phi) is 4.99. The minimum absolute atomic E-state index is 0.174. The van der Waals surface area contributed by atoms with Crippen LogP contribution in [0.15, 0.2) is 28.7 Å². The summed E-state index contributed by atoms with van der Waals surface area (Å²) in [6, 6.07) is 8.57. The topological polar surface area (TPSA) is 32.3 Å². The van der Waals surface area contributed by atoms with Gasteiger partial charge in [0.1, 0.15) is 0 Å². The first-order valence-electron chi connectivity index (χ1n) is 6.79. The molecule has 1 aliphatic heterocycles. The Morgan fingerprint density at radius 1 is 1.53 bits per heavy atom.